The second-order valence-electron chi connectivity index (χ2n) is 5.03. The maximum Gasteiger partial charge on any atom is 0.139 e. The minimum Gasteiger partial charge on any atom is -0.308 e. The predicted octanol–water partition coefficient (Wildman–Crippen LogP) is 1.74. The summed E-state index contributed by atoms with van der Waals surface area (Å²) in [5.41, 5.74) is 4.11. The highest BCUT2D eigenvalue weighted by atomic mass is 15.2. The number of likely N-dealkylation sites (tertiary alicyclic amines) is 1. The van der Waals surface area contributed by atoms with Crippen LogP contribution in [0.1, 0.15) is 32.3 Å². The van der Waals surface area contributed by atoms with E-state index < -0.39 is 0 Å². The molecule has 4 heteroatoms. The van der Waals surface area contributed by atoms with E-state index in [2.05, 4.69) is 35.2 Å². The highest BCUT2D eigenvalue weighted by molar-refractivity contribution is 5.33. The van der Waals surface area contributed by atoms with Gasteiger partial charge in [-0.1, -0.05) is 6.07 Å². The summed E-state index contributed by atoms with van der Waals surface area (Å²) < 4.78 is 0. The molecule has 1 aliphatic heterocycles. The summed E-state index contributed by atoms with van der Waals surface area (Å²) in [4.78, 5) is 6.74. The maximum atomic E-state index is 5.28. The second kappa shape index (κ2) is 4.39. The van der Waals surface area contributed by atoms with Crippen LogP contribution in [0.3, 0.4) is 0 Å². The van der Waals surface area contributed by atoms with Gasteiger partial charge in [-0.2, -0.15) is 0 Å². The molecule has 0 radical (unpaired) electrons. The lowest BCUT2D eigenvalue weighted by molar-refractivity contribution is 0.166. The summed E-state index contributed by atoms with van der Waals surface area (Å²) in [6.45, 7) is 6.78. The quantitative estimate of drug-likeness (QED) is 0.602. The Hall–Kier alpha value is -1.13. The van der Waals surface area contributed by atoms with Crippen LogP contribution in [0, 0.1) is 0 Å². The zero-order valence-corrected chi connectivity index (χ0v) is 10.0. The van der Waals surface area contributed by atoms with Gasteiger partial charge in [-0.15, -0.1) is 0 Å². The monoisotopic (exact) mass is 220 g/mol. The van der Waals surface area contributed by atoms with Crippen molar-refractivity contribution in [1.29, 1.82) is 0 Å². The van der Waals surface area contributed by atoms with Gasteiger partial charge in [-0.3, -0.25) is 4.90 Å². The van der Waals surface area contributed by atoms with Crippen molar-refractivity contribution >= 4 is 5.82 Å². The van der Waals surface area contributed by atoms with Crippen molar-refractivity contribution in [2.75, 3.05) is 12.0 Å². The first kappa shape index (κ1) is 11.4. The van der Waals surface area contributed by atoms with E-state index in [1.165, 1.54) is 24.9 Å². The van der Waals surface area contributed by atoms with Crippen molar-refractivity contribution < 1.29 is 0 Å². The number of pyridine rings is 1. The molecule has 0 aliphatic carbocycles. The van der Waals surface area contributed by atoms with Gasteiger partial charge in [0.05, 0.1) is 0 Å². The van der Waals surface area contributed by atoms with E-state index in [4.69, 9.17) is 5.84 Å². The standard InChI is InChI=1S/C12H20N4/c1-12(2)6-3-7-16(12)9-10-4-5-11(15-13)14-8-10/h4-5,8H,3,6-7,9,13H2,1-2H3,(H,14,15). The Morgan fingerprint density at radius 1 is 1.50 bits per heavy atom. The van der Waals surface area contributed by atoms with E-state index in [9.17, 15) is 0 Å². The largest absolute Gasteiger partial charge is 0.308 e. The molecule has 0 aromatic carbocycles. The molecule has 1 saturated heterocycles. The number of nitrogen functional groups attached to an aromatic ring is 1. The molecule has 1 aromatic rings. The third-order valence-electron chi connectivity index (χ3n) is 3.42. The number of hydrazine groups is 1. The zero-order valence-electron chi connectivity index (χ0n) is 10.0. The number of nitrogens with one attached hydrogen (secondary N) is 1. The van der Waals surface area contributed by atoms with Gasteiger partial charge >= 0.3 is 0 Å². The lowest BCUT2D eigenvalue weighted by Crippen LogP contribution is -2.37. The van der Waals surface area contributed by atoms with Crippen LogP contribution >= 0.6 is 0 Å². The lowest BCUT2D eigenvalue weighted by Gasteiger charge is -2.31. The number of hydrogen-bond acceptors (Lipinski definition) is 4. The number of rotatable bonds is 3. The van der Waals surface area contributed by atoms with Crippen molar-refractivity contribution in [3.63, 3.8) is 0 Å². The van der Waals surface area contributed by atoms with Crippen molar-refractivity contribution in [3.8, 4) is 0 Å². The van der Waals surface area contributed by atoms with Crippen molar-refractivity contribution in [3.05, 3.63) is 23.9 Å². The number of hydrogen-bond donors (Lipinski definition) is 2. The second-order valence-corrected chi connectivity index (χ2v) is 5.03. The van der Waals surface area contributed by atoms with Gasteiger partial charge in [-0.05, 0) is 44.9 Å². The third-order valence-corrected chi connectivity index (χ3v) is 3.42. The van der Waals surface area contributed by atoms with E-state index in [0.29, 0.717) is 11.4 Å². The Balaban J connectivity index is 2.03. The summed E-state index contributed by atoms with van der Waals surface area (Å²) in [5.74, 6) is 6.00. The van der Waals surface area contributed by atoms with Gasteiger partial charge in [-0.25, -0.2) is 10.8 Å². The summed E-state index contributed by atoms with van der Waals surface area (Å²) in [5, 5.41) is 0. The van der Waals surface area contributed by atoms with Crippen LogP contribution in [-0.4, -0.2) is 22.0 Å². The van der Waals surface area contributed by atoms with Gasteiger partial charge in [0.1, 0.15) is 5.82 Å². The summed E-state index contributed by atoms with van der Waals surface area (Å²) in [7, 11) is 0. The molecular weight excluding hydrogens is 200 g/mol. The SMILES string of the molecule is CC1(C)CCCN1Cc1ccc(NN)nc1. The number of nitrogens with zero attached hydrogens (tertiary/aromatic N) is 2. The van der Waals surface area contributed by atoms with Crippen LogP contribution in [0.2, 0.25) is 0 Å². The molecule has 1 aromatic heterocycles. The molecule has 0 saturated carbocycles. The molecule has 0 amide bonds. The smallest absolute Gasteiger partial charge is 0.139 e. The number of aromatic nitrogens is 1. The van der Waals surface area contributed by atoms with Crippen LogP contribution < -0.4 is 11.3 Å². The van der Waals surface area contributed by atoms with Crippen molar-refractivity contribution in [1.82, 2.24) is 9.88 Å². The molecule has 2 heterocycles. The highest BCUT2D eigenvalue weighted by Gasteiger charge is 2.31. The van der Waals surface area contributed by atoms with Crippen LogP contribution in [0.15, 0.2) is 18.3 Å². The average molecular weight is 220 g/mol. The number of nitrogens with two attached hydrogens (primary N) is 1. The first-order chi connectivity index (χ1) is 7.62. The third kappa shape index (κ3) is 2.33. The van der Waals surface area contributed by atoms with Crippen LogP contribution in [0.25, 0.3) is 0 Å². The Bertz CT molecular complexity index is 345. The topological polar surface area (TPSA) is 54.2 Å². The lowest BCUT2D eigenvalue weighted by atomic mass is 10.0. The molecule has 0 spiro atoms. The Morgan fingerprint density at radius 3 is 2.81 bits per heavy atom. The Labute approximate surface area is 96.8 Å². The molecule has 0 unspecified atom stereocenters. The summed E-state index contributed by atoms with van der Waals surface area (Å²) >= 11 is 0. The molecule has 0 atom stereocenters. The average Bonchev–Trinajstić information content (AvgIpc) is 2.59. The van der Waals surface area contributed by atoms with Crippen LogP contribution in [-0.2, 0) is 6.54 Å². The summed E-state index contributed by atoms with van der Waals surface area (Å²) in [6, 6.07) is 4.00. The fourth-order valence-corrected chi connectivity index (χ4v) is 2.28. The van der Waals surface area contributed by atoms with Gasteiger partial charge < -0.3 is 5.43 Å². The van der Waals surface area contributed by atoms with E-state index in [-0.39, 0.29) is 0 Å². The minimum absolute atomic E-state index is 0.324. The van der Waals surface area contributed by atoms with E-state index in [1.807, 2.05) is 12.3 Å². The predicted molar refractivity (Wildman–Crippen MR) is 65.8 cm³/mol. The first-order valence-corrected chi connectivity index (χ1v) is 5.78. The van der Waals surface area contributed by atoms with E-state index in [1.54, 1.807) is 0 Å². The van der Waals surface area contributed by atoms with Crippen LogP contribution in [0.4, 0.5) is 5.82 Å². The van der Waals surface area contributed by atoms with E-state index in [0.717, 1.165) is 6.54 Å². The van der Waals surface area contributed by atoms with Crippen molar-refractivity contribution in [2.45, 2.75) is 38.8 Å². The summed E-state index contributed by atoms with van der Waals surface area (Å²) in [6.07, 6.45) is 4.47. The molecule has 1 aliphatic rings. The fourth-order valence-electron chi connectivity index (χ4n) is 2.28. The highest BCUT2D eigenvalue weighted by Crippen LogP contribution is 2.29. The molecule has 3 N–H and O–H groups in total. The van der Waals surface area contributed by atoms with Gasteiger partial charge in [0, 0.05) is 18.3 Å². The molecule has 16 heavy (non-hydrogen) atoms. The molecule has 4 nitrogen and oxygen atoms in total. The van der Waals surface area contributed by atoms with Gasteiger partial charge in [0.15, 0.2) is 0 Å². The molecule has 1 fully saturated rings. The number of anilines is 1. The zero-order chi connectivity index (χ0) is 11.6. The molecule has 2 rings (SSSR count). The van der Waals surface area contributed by atoms with E-state index >= 15 is 0 Å². The minimum atomic E-state index is 0.324. The van der Waals surface area contributed by atoms with Crippen molar-refractivity contribution in [2.24, 2.45) is 5.84 Å². The fraction of sp³-hybridized carbons (Fsp3) is 0.583. The van der Waals surface area contributed by atoms with Gasteiger partial charge in [0.2, 0.25) is 0 Å². The Morgan fingerprint density at radius 2 is 2.31 bits per heavy atom. The molecule has 88 valence electrons. The Kier molecular flexibility index (Phi) is 3.12. The van der Waals surface area contributed by atoms with Gasteiger partial charge in [0.25, 0.3) is 0 Å². The molecule has 0 bridgehead atoms. The first-order valence-electron chi connectivity index (χ1n) is 5.78. The normalized spacial score (nSPS) is 19.9. The van der Waals surface area contributed by atoms with Crippen LogP contribution in [0.5, 0.6) is 0 Å². The molecular formula is C12H20N4. The maximum absolute atomic E-state index is 5.28.